The molecule has 2 bridgehead atoms. The third kappa shape index (κ3) is 5.21. The van der Waals surface area contributed by atoms with Crippen LogP contribution in [0.1, 0.15) is 42.2 Å². The van der Waals surface area contributed by atoms with Crippen LogP contribution in [0.3, 0.4) is 0 Å². The highest BCUT2D eigenvalue weighted by Gasteiger charge is 2.70. The van der Waals surface area contributed by atoms with Gasteiger partial charge in [-0.2, -0.15) is 13.2 Å². The third-order valence-corrected chi connectivity index (χ3v) is 12.6. The number of carbonyl (C=O) groups is 4. The van der Waals surface area contributed by atoms with E-state index in [1.807, 2.05) is 0 Å². The first-order valence-corrected chi connectivity index (χ1v) is 17.1. The lowest BCUT2D eigenvalue weighted by Gasteiger charge is -2.43. The molecule has 8 atom stereocenters. The van der Waals surface area contributed by atoms with Gasteiger partial charge in [-0.25, -0.2) is 4.79 Å². The van der Waals surface area contributed by atoms with Gasteiger partial charge < -0.3 is 20.1 Å². The number of carboxylic acid groups (broad SMARTS) is 1. The first kappa shape index (κ1) is 32.4. The highest BCUT2D eigenvalue weighted by Crippen LogP contribution is 2.68. The Morgan fingerprint density at radius 1 is 1.04 bits per heavy atom. The SMILES string of the molecule is CC(C)C(C(=O)O)N1C(=O)C2C3CC(C2C1=O)C1C3Sc2[nH]c(=O)sc2[C@@H]1c1ccc(OCC(=O)Nc2ccccc2C(F)(F)F)cc1. The molecule has 7 unspecified atom stereocenters. The number of thiazole rings is 1. The van der Waals surface area contributed by atoms with Gasteiger partial charge >= 0.3 is 17.0 Å². The zero-order valence-corrected chi connectivity index (χ0v) is 27.2. The smallest absolute Gasteiger partial charge is 0.418 e. The number of H-pyrrole nitrogens is 1. The minimum atomic E-state index is -4.64. The van der Waals surface area contributed by atoms with Crippen LogP contribution in [-0.4, -0.2) is 56.6 Å². The molecule has 7 rings (SSSR count). The number of rotatable bonds is 8. The molecule has 0 spiro atoms. The standard InChI is InChI=1S/C33H30F3N3O7S2/c1-13(2)25(31(43)44)39-29(41)23-16-11-17(24(23)30(39)42)26-22(16)21(27-28(47-26)38-32(45)48-27)14-7-9-15(10-8-14)46-12-20(40)37-19-6-4-3-5-18(19)33(34,35)36/h3-10,13,16-17,21-26H,11-12H2,1-2H3,(H,37,40)(H,38,45)(H,43,44)/t16?,17?,21-,22?,23?,24?,25?,26?/m1/s1. The van der Waals surface area contributed by atoms with Gasteiger partial charge in [-0.3, -0.25) is 24.1 Å². The molecule has 3 N–H and O–H groups in total. The molecule has 4 aliphatic rings. The molecular weight excluding hydrogens is 672 g/mol. The van der Waals surface area contributed by atoms with E-state index < -0.39 is 65.8 Å². The Morgan fingerprint density at radius 2 is 1.71 bits per heavy atom. The molecule has 48 heavy (non-hydrogen) atoms. The molecule has 2 aliphatic heterocycles. The number of halogens is 3. The van der Waals surface area contributed by atoms with Crippen molar-refractivity contribution < 1.29 is 42.2 Å². The third-order valence-electron chi connectivity index (χ3n) is 10.0. The van der Waals surface area contributed by atoms with Gasteiger partial charge in [0, 0.05) is 16.0 Å². The van der Waals surface area contributed by atoms with Crippen molar-refractivity contribution >= 4 is 52.5 Å². The lowest BCUT2D eigenvalue weighted by atomic mass is 9.68. The van der Waals surface area contributed by atoms with Crippen LogP contribution in [0.2, 0.25) is 0 Å². The van der Waals surface area contributed by atoms with Crippen molar-refractivity contribution in [3.8, 4) is 5.75 Å². The summed E-state index contributed by atoms with van der Waals surface area (Å²) in [7, 11) is 0. The van der Waals surface area contributed by atoms with Gasteiger partial charge in [0.1, 0.15) is 11.8 Å². The molecule has 2 aliphatic carbocycles. The number of nitrogens with one attached hydrogen (secondary N) is 2. The summed E-state index contributed by atoms with van der Waals surface area (Å²) < 4.78 is 45.5. The highest BCUT2D eigenvalue weighted by atomic mass is 32.2. The van der Waals surface area contributed by atoms with Crippen LogP contribution in [0.5, 0.6) is 5.75 Å². The number of fused-ring (bicyclic) bond motifs is 9. The second-order valence-corrected chi connectivity index (χ2v) is 15.2. The Kier molecular flexibility index (Phi) is 7.97. The number of thioether (sulfide) groups is 1. The molecule has 1 aromatic heterocycles. The van der Waals surface area contributed by atoms with Crippen LogP contribution in [-0.2, 0) is 25.4 Å². The van der Waals surface area contributed by atoms with E-state index in [4.69, 9.17) is 4.74 Å². The number of para-hydroxylation sites is 1. The van der Waals surface area contributed by atoms with Crippen molar-refractivity contribution in [1.82, 2.24) is 9.88 Å². The molecule has 2 saturated carbocycles. The Balaban J connectivity index is 1.12. The number of hydrogen-bond acceptors (Lipinski definition) is 8. The first-order chi connectivity index (χ1) is 22.8. The Hall–Kier alpha value is -4.11. The average Bonchev–Trinajstić information content (AvgIpc) is 3.76. The van der Waals surface area contributed by atoms with Crippen molar-refractivity contribution in [1.29, 1.82) is 0 Å². The molecule has 1 saturated heterocycles. The molecule has 252 valence electrons. The highest BCUT2D eigenvalue weighted by molar-refractivity contribution is 8.00. The molecule has 3 amide bonds. The molecule has 15 heteroatoms. The lowest BCUT2D eigenvalue weighted by Crippen LogP contribution is -2.49. The number of aromatic amines is 1. The summed E-state index contributed by atoms with van der Waals surface area (Å²) in [5, 5.41) is 12.8. The number of amides is 3. The molecule has 0 radical (unpaired) electrons. The van der Waals surface area contributed by atoms with E-state index >= 15 is 0 Å². The summed E-state index contributed by atoms with van der Waals surface area (Å²) in [6.07, 6.45) is -4.00. The first-order valence-electron chi connectivity index (χ1n) is 15.4. The van der Waals surface area contributed by atoms with Crippen LogP contribution >= 0.6 is 23.1 Å². The van der Waals surface area contributed by atoms with Crippen LogP contribution in [0.15, 0.2) is 58.4 Å². The molecular formula is C33H30F3N3O7S2. The molecule has 3 aromatic rings. The number of likely N-dealkylation sites (tertiary alicyclic amines) is 1. The fraction of sp³-hybridized carbons (Fsp3) is 0.424. The van der Waals surface area contributed by atoms with Crippen LogP contribution in [0.4, 0.5) is 18.9 Å². The zero-order chi connectivity index (χ0) is 34.2. The molecule has 2 aromatic carbocycles. The number of alkyl halides is 3. The predicted octanol–water partition coefficient (Wildman–Crippen LogP) is 5.06. The maximum atomic E-state index is 13.8. The number of carbonyl (C=O) groups excluding carboxylic acids is 3. The number of ether oxygens (including phenoxy) is 1. The van der Waals surface area contributed by atoms with Crippen LogP contribution in [0, 0.1) is 35.5 Å². The fourth-order valence-corrected chi connectivity index (χ4v) is 11.2. The summed E-state index contributed by atoms with van der Waals surface area (Å²) in [6, 6.07) is 10.3. The summed E-state index contributed by atoms with van der Waals surface area (Å²) >= 11 is 2.61. The minimum absolute atomic E-state index is 0.0859. The number of imide groups is 1. The number of carboxylic acids is 1. The van der Waals surface area contributed by atoms with Gasteiger partial charge in [-0.15, -0.1) is 11.8 Å². The quantitative estimate of drug-likeness (QED) is 0.277. The van der Waals surface area contributed by atoms with Gasteiger partial charge in [0.2, 0.25) is 11.8 Å². The molecule has 3 fully saturated rings. The second kappa shape index (κ2) is 11.8. The Morgan fingerprint density at radius 3 is 2.35 bits per heavy atom. The average molecular weight is 702 g/mol. The van der Waals surface area contributed by atoms with Crippen molar-refractivity contribution in [2.24, 2.45) is 35.5 Å². The number of nitrogens with zero attached hydrogens (tertiary/aromatic N) is 1. The normalized spacial score (nSPS) is 27.9. The van der Waals surface area contributed by atoms with E-state index in [0.717, 1.165) is 43.8 Å². The zero-order valence-electron chi connectivity index (χ0n) is 25.5. The topological polar surface area (TPSA) is 146 Å². The van der Waals surface area contributed by atoms with Gasteiger partial charge in [0.25, 0.3) is 5.91 Å². The Labute approximate surface area is 280 Å². The van der Waals surface area contributed by atoms with Crippen LogP contribution < -0.4 is 14.9 Å². The predicted molar refractivity (Wildman–Crippen MR) is 169 cm³/mol. The summed E-state index contributed by atoms with van der Waals surface area (Å²) in [5.74, 6) is -5.00. The number of aliphatic carboxylic acids is 1. The number of anilines is 1. The van der Waals surface area contributed by atoms with Crippen molar-refractivity contribution in [2.75, 3.05) is 11.9 Å². The molecule has 3 heterocycles. The van der Waals surface area contributed by atoms with Crippen molar-refractivity contribution in [2.45, 2.75) is 48.7 Å². The number of aromatic nitrogens is 1. The van der Waals surface area contributed by atoms with E-state index in [-0.39, 0.29) is 39.5 Å². The maximum absolute atomic E-state index is 13.8. The monoisotopic (exact) mass is 701 g/mol. The largest absolute Gasteiger partial charge is 0.484 e. The number of hydrogen-bond donors (Lipinski definition) is 3. The van der Waals surface area contributed by atoms with Crippen LogP contribution in [0.25, 0.3) is 0 Å². The number of benzene rings is 2. The maximum Gasteiger partial charge on any atom is 0.418 e. The van der Waals surface area contributed by atoms with Gasteiger partial charge in [0.05, 0.1) is 28.1 Å². The van der Waals surface area contributed by atoms with E-state index in [1.165, 1.54) is 23.9 Å². The fourth-order valence-electron chi connectivity index (χ4n) is 8.33. The van der Waals surface area contributed by atoms with E-state index in [2.05, 4.69) is 10.3 Å². The second-order valence-electron chi connectivity index (χ2n) is 13.0. The Bertz CT molecular complexity index is 1870. The van der Waals surface area contributed by atoms with E-state index in [9.17, 15) is 42.3 Å². The van der Waals surface area contributed by atoms with Gasteiger partial charge in [-0.05, 0) is 59.9 Å². The summed E-state index contributed by atoms with van der Waals surface area (Å²) in [5.41, 5.74) is -0.509. The van der Waals surface area contributed by atoms with E-state index in [0.29, 0.717) is 12.2 Å². The van der Waals surface area contributed by atoms with Gasteiger partial charge in [-0.1, -0.05) is 49.4 Å². The summed E-state index contributed by atoms with van der Waals surface area (Å²) in [6.45, 7) is 2.82. The minimum Gasteiger partial charge on any atom is -0.484 e. The van der Waals surface area contributed by atoms with Gasteiger partial charge in [0.15, 0.2) is 6.61 Å². The molecule has 10 nitrogen and oxygen atoms in total. The van der Waals surface area contributed by atoms with Crippen molar-refractivity contribution in [3.05, 3.63) is 74.2 Å². The lowest BCUT2D eigenvalue weighted by molar-refractivity contribution is -0.157. The van der Waals surface area contributed by atoms with E-state index in [1.54, 1.807) is 38.1 Å². The van der Waals surface area contributed by atoms with Crippen molar-refractivity contribution in [3.63, 3.8) is 0 Å². The summed E-state index contributed by atoms with van der Waals surface area (Å²) in [4.78, 5) is 69.2.